The normalized spacial score (nSPS) is 20.2. The number of rotatable bonds is 3. The molecule has 1 saturated heterocycles. The number of halogens is 1. The molecule has 2 aromatic rings. The fourth-order valence-electron chi connectivity index (χ4n) is 1.83. The molecule has 1 aliphatic heterocycles. The van der Waals surface area contributed by atoms with Crippen LogP contribution >= 0.6 is 46.5 Å². The Morgan fingerprint density at radius 1 is 1.39 bits per heavy atom. The fraction of sp³-hybridized carbons (Fsp3) is 0.455. The lowest BCUT2D eigenvalue weighted by atomic mass is 10.3. The van der Waals surface area contributed by atoms with Gasteiger partial charge in [-0.15, -0.1) is 11.3 Å². The molecule has 0 aromatic carbocycles. The molecule has 2 aromatic heterocycles. The van der Waals surface area contributed by atoms with E-state index in [9.17, 15) is 0 Å². The van der Waals surface area contributed by atoms with E-state index >= 15 is 0 Å². The van der Waals surface area contributed by atoms with Crippen molar-refractivity contribution in [3.05, 3.63) is 16.7 Å². The summed E-state index contributed by atoms with van der Waals surface area (Å²) >= 11 is 11.6. The van der Waals surface area contributed by atoms with Gasteiger partial charge in [0.2, 0.25) is 5.28 Å². The minimum Gasteiger partial charge on any atom is -0.368 e. The quantitative estimate of drug-likeness (QED) is 0.875. The maximum atomic E-state index is 5.94. The van der Waals surface area contributed by atoms with Gasteiger partial charge in [0.15, 0.2) is 0 Å². The van der Waals surface area contributed by atoms with E-state index in [-0.39, 0.29) is 0 Å². The summed E-state index contributed by atoms with van der Waals surface area (Å²) in [7, 11) is 0. The van der Waals surface area contributed by atoms with Crippen molar-refractivity contribution < 1.29 is 0 Å². The number of nitrogens with one attached hydrogen (secondary N) is 1. The lowest BCUT2D eigenvalue weighted by molar-refractivity contribution is 0.994. The van der Waals surface area contributed by atoms with Gasteiger partial charge in [-0.05, 0) is 23.0 Å². The van der Waals surface area contributed by atoms with Crippen LogP contribution in [0.3, 0.4) is 0 Å². The van der Waals surface area contributed by atoms with Crippen molar-refractivity contribution >= 4 is 62.5 Å². The van der Waals surface area contributed by atoms with E-state index in [0.29, 0.717) is 10.5 Å². The summed E-state index contributed by atoms with van der Waals surface area (Å²) in [5.74, 6) is 4.59. The minimum atomic E-state index is 0.318. The van der Waals surface area contributed by atoms with Crippen molar-refractivity contribution in [1.82, 2.24) is 9.97 Å². The lowest BCUT2D eigenvalue weighted by Gasteiger charge is -2.21. The van der Waals surface area contributed by atoms with Crippen LogP contribution in [0, 0.1) is 0 Å². The predicted octanol–water partition coefficient (Wildman–Crippen LogP) is 3.61. The van der Waals surface area contributed by atoms with Crippen molar-refractivity contribution in [2.45, 2.75) is 5.25 Å². The monoisotopic (exact) mass is 317 g/mol. The summed E-state index contributed by atoms with van der Waals surface area (Å²) in [6, 6.07) is 2.04. The first kappa shape index (κ1) is 12.8. The zero-order chi connectivity index (χ0) is 12.4. The first-order chi connectivity index (χ1) is 8.83. The van der Waals surface area contributed by atoms with E-state index in [1.807, 2.05) is 35.0 Å². The molecular formula is C11H12ClN3S3. The van der Waals surface area contributed by atoms with Crippen LogP contribution in [0.1, 0.15) is 0 Å². The Morgan fingerprint density at radius 3 is 3.17 bits per heavy atom. The molecule has 1 atom stereocenters. The van der Waals surface area contributed by atoms with E-state index in [1.165, 1.54) is 17.3 Å². The highest BCUT2D eigenvalue weighted by atomic mass is 35.5. The second kappa shape index (κ2) is 5.86. The zero-order valence-electron chi connectivity index (χ0n) is 9.56. The molecule has 0 bridgehead atoms. The van der Waals surface area contributed by atoms with Crippen molar-refractivity contribution in [1.29, 1.82) is 0 Å². The SMILES string of the molecule is Clc1nc(NCC2CSCCS2)c2ccsc2n1. The van der Waals surface area contributed by atoms with Crippen LogP contribution in [0.25, 0.3) is 10.2 Å². The lowest BCUT2D eigenvalue weighted by Crippen LogP contribution is -2.23. The van der Waals surface area contributed by atoms with Gasteiger partial charge in [-0.1, -0.05) is 0 Å². The van der Waals surface area contributed by atoms with Gasteiger partial charge in [-0.2, -0.15) is 23.5 Å². The molecule has 1 aliphatic rings. The van der Waals surface area contributed by atoms with E-state index in [0.717, 1.165) is 22.6 Å². The molecule has 3 nitrogen and oxygen atoms in total. The Balaban J connectivity index is 1.75. The summed E-state index contributed by atoms with van der Waals surface area (Å²) < 4.78 is 0. The van der Waals surface area contributed by atoms with E-state index < -0.39 is 0 Å². The average Bonchev–Trinajstić information content (AvgIpc) is 2.85. The predicted molar refractivity (Wildman–Crippen MR) is 84.5 cm³/mol. The molecule has 1 fully saturated rings. The molecule has 18 heavy (non-hydrogen) atoms. The van der Waals surface area contributed by atoms with Gasteiger partial charge < -0.3 is 5.32 Å². The van der Waals surface area contributed by atoms with Gasteiger partial charge in [-0.3, -0.25) is 0 Å². The number of thioether (sulfide) groups is 2. The third-order valence-corrected chi connectivity index (χ3v) is 6.50. The molecule has 1 N–H and O–H groups in total. The fourth-order valence-corrected chi connectivity index (χ4v) is 5.42. The van der Waals surface area contributed by atoms with Gasteiger partial charge in [0.25, 0.3) is 0 Å². The molecule has 0 radical (unpaired) electrons. The van der Waals surface area contributed by atoms with Crippen LogP contribution < -0.4 is 5.32 Å². The number of thiophene rings is 1. The molecule has 1 unspecified atom stereocenters. The number of aromatic nitrogens is 2. The maximum Gasteiger partial charge on any atom is 0.225 e. The Morgan fingerprint density at radius 2 is 2.33 bits per heavy atom. The number of hydrogen-bond donors (Lipinski definition) is 1. The highest BCUT2D eigenvalue weighted by Crippen LogP contribution is 2.28. The maximum absolute atomic E-state index is 5.94. The molecular weight excluding hydrogens is 306 g/mol. The van der Waals surface area contributed by atoms with E-state index in [2.05, 4.69) is 15.3 Å². The van der Waals surface area contributed by atoms with E-state index in [4.69, 9.17) is 11.6 Å². The molecule has 0 spiro atoms. The highest BCUT2D eigenvalue weighted by Gasteiger charge is 2.15. The summed E-state index contributed by atoms with van der Waals surface area (Å²) in [6.45, 7) is 0.940. The van der Waals surface area contributed by atoms with Crippen LogP contribution in [0.15, 0.2) is 11.4 Å². The summed E-state index contributed by atoms with van der Waals surface area (Å²) in [5, 5.41) is 7.48. The van der Waals surface area contributed by atoms with Crippen LogP contribution in [0.5, 0.6) is 0 Å². The van der Waals surface area contributed by atoms with E-state index in [1.54, 1.807) is 11.3 Å². The summed E-state index contributed by atoms with van der Waals surface area (Å²) in [5.41, 5.74) is 0. The third-order valence-electron chi connectivity index (χ3n) is 2.68. The molecule has 0 saturated carbocycles. The van der Waals surface area contributed by atoms with Crippen LogP contribution in [-0.4, -0.2) is 39.0 Å². The Kier molecular flexibility index (Phi) is 4.18. The van der Waals surface area contributed by atoms with Crippen molar-refractivity contribution in [2.24, 2.45) is 0 Å². The van der Waals surface area contributed by atoms with Crippen LogP contribution in [0.2, 0.25) is 5.28 Å². The summed E-state index contributed by atoms with van der Waals surface area (Å²) in [4.78, 5) is 9.45. The highest BCUT2D eigenvalue weighted by molar-refractivity contribution is 8.06. The zero-order valence-corrected chi connectivity index (χ0v) is 12.8. The third kappa shape index (κ3) is 2.87. The standard InChI is InChI=1S/C11H12ClN3S3/c12-11-14-9(8-1-2-18-10(8)15-11)13-5-7-6-16-3-4-17-7/h1-2,7H,3-6H2,(H,13,14,15). The summed E-state index contributed by atoms with van der Waals surface area (Å²) in [6.07, 6.45) is 0. The molecule has 0 aliphatic carbocycles. The number of anilines is 1. The van der Waals surface area contributed by atoms with Gasteiger partial charge in [0.05, 0.1) is 5.39 Å². The molecule has 7 heteroatoms. The first-order valence-electron chi connectivity index (χ1n) is 5.67. The topological polar surface area (TPSA) is 37.8 Å². The Bertz CT molecular complexity index is 539. The molecule has 0 amide bonds. The number of nitrogens with zero attached hydrogens (tertiary/aromatic N) is 2. The smallest absolute Gasteiger partial charge is 0.225 e. The van der Waals surface area contributed by atoms with Crippen LogP contribution in [-0.2, 0) is 0 Å². The van der Waals surface area contributed by atoms with Gasteiger partial charge >= 0.3 is 0 Å². The largest absolute Gasteiger partial charge is 0.368 e. The van der Waals surface area contributed by atoms with Crippen molar-refractivity contribution in [3.8, 4) is 0 Å². The van der Waals surface area contributed by atoms with Crippen molar-refractivity contribution in [2.75, 3.05) is 29.1 Å². The van der Waals surface area contributed by atoms with Gasteiger partial charge in [0, 0.05) is 29.1 Å². The van der Waals surface area contributed by atoms with Gasteiger partial charge in [-0.25, -0.2) is 9.97 Å². The minimum absolute atomic E-state index is 0.318. The number of fused-ring (bicyclic) bond motifs is 1. The van der Waals surface area contributed by atoms with Crippen molar-refractivity contribution in [3.63, 3.8) is 0 Å². The van der Waals surface area contributed by atoms with Crippen LogP contribution in [0.4, 0.5) is 5.82 Å². The van der Waals surface area contributed by atoms with Gasteiger partial charge in [0.1, 0.15) is 10.6 Å². The number of hydrogen-bond acceptors (Lipinski definition) is 6. The second-order valence-electron chi connectivity index (χ2n) is 3.93. The first-order valence-corrected chi connectivity index (χ1v) is 9.13. The molecule has 3 rings (SSSR count). The second-order valence-corrected chi connectivity index (χ2v) is 7.72. The molecule has 3 heterocycles. The average molecular weight is 318 g/mol. The molecule has 96 valence electrons. The Hall–Kier alpha value is -0.170. The Labute approximate surface area is 123 Å².